The molecule has 1 rings (SSSR count). The Hall–Kier alpha value is -1.37. The van der Waals surface area contributed by atoms with E-state index in [9.17, 15) is 4.79 Å². The normalized spacial score (nSPS) is 11.8. The molecule has 0 aliphatic rings. The molecule has 2 heteroatoms. The van der Waals surface area contributed by atoms with Crippen LogP contribution in [0.3, 0.4) is 0 Å². The second kappa shape index (κ2) is 10.7. The van der Waals surface area contributed by atoms with Crippen LogP contribution in [0, 0.1) is 0 Å². The van der Waals surface area contributed by atoms with E-state index < -0.39 is 8.07 Å². The summed E-state index contributed by atoms with van der Waals surface area (Å²) in [5.41, 5.74) is 8.01. The predicted octanol–water partition coefficient (Wildman–Crippen LogP) is 7.29. The number of hydrogen-bond acceptors (Lipinski definition) is 1. The van der Waals surface area contributed by atoms with E-state index in [1.165, 1.54) is 5.56 Å². The van der Waals surface area contributed by atoms with Crippen LogP contribution >= 0.6 is 0 Å². The van der Waals surface area contributed by atoms with E-state index in [2.05, 4.69) is 76.5 Å². The summed E-state index contributed by atoms with van der Waals surface area (Å²) in [6.07, 6.45) is 6.83. The quantitative estimate of drug-likeness (QED) is 0.183. The Balaban J connectivity index is 2.87. The summed E-state index contributed by atoms with van der Waals surface area (Å²) in [6, 6.07) is 10.5. The van der Waals surface area contributed by atoms with Crippen LogP contribution in [0.25, 0.3) is 0 Å². The fourth-order valence-electron chi connectivity index (χ4n) is 2.58. The van der Waals surface area contributed by atoms with Crippen molar-refractivity contribution >= 4 is 13.9 Å². The van der Waals surface area contributed by atoms with E-state index >= 15 is 0 Å². The number of hydrogen-bond donors (Lipinski definition) is 0. The van der Waals surface area contributed by atoms with E-state index in [0.717, 1.165) is 44.1 Å². The van der Waals surface area contributed by atoms with Gasteiger partial charge in [0.05, 0.1) is 8.07 Å². The van der Waals surface area contributed by atoms with Gasteiger partial charge in [-0.05, 0) is 36.3 Å². The second-order valence-corrected chi connectivity index (χ2v) is 14.2. The number of unbranched alkanes of at least 4 members (excludes halogenated alkanes) is 2. The first-order valence-electron chi connectivity index (χ1n) is 10.2. The van der Waals surface area contributed by atoms with Crippen molar-refractivity contribution in [2.45, 2.75) is 90.8 Å². The third-order valence-electron chi connectivity index (χ3n) is 5.62. The summed E-state index contributed by atoms with van der Waals surface area (Å²) in [5, 5.41) is 0.278. The number of carbonyl (C=O) groups excluding carboxylic acids is 1. The average molecular weight is 371 g/mol. The zero-order chi connectivity index (χ0) is 19.6. The Kier molecular flexibility index (Phi) is 9.33. The highest BCUT2D eigenvalue weighted by molar-refractivity contribution is 6.84. The zero-order valence-corrected chi connectivity index (χ0v) is 18.8. The van der Waals surface area contributed by atoms with Gasteiger partial charge in [-0.1, -0.05) is 89.7 Å². The van der Waals surface area contributed by atoms with Crippen molar-refractivity contribution in [3.63, 3.8) is 0 Å². The fourth-order valence-corrected chi connectivity index (χ4v) is 3.54. The lowest BCUT2D eigenvalue weighted by molar-refractivity contribution is -0.115. The van der Waals surface area contributed by atoms with Gasteiger partial charge in [-0.2, -0.15) is 0 Å². The highest BCUT2D eigenvalue weighted by Gasteiger charge is 2.32. The summed E-state index contributed by atoms with van der Waals surface area (Å²) >= 11 is 0. The summed E-state index contributed by atoms with van der Waals surface area (Å²) < 4.78 is 0. The van der Waals surface area contributed by atoms with Crippen molar-refractivity contribution in [2.75, 3.05) is 0 Å². The molecule has 0 saturated carbocycles. The van der Waals surface area contributed by atoms with Crippen LogP contribution < -0.4 is 0 Å². The maximum Gasteiger partial charge on any atom is 0.166 e. The van der Waals surface area contributed by atoms with E-state index in [4.69, 9.17) is 0 Å². The van der Waals surface area contributed by atoms with Gasteiger partial charge in [0.1, 0.15) is 0 Å². The predicted molar refractivity (Wildman–Crippen MR) is 117 cm³/mol. The Morgan fingerprint density at radius 2 is 1.69 bits per heavy atom. The lowest BCUT2D eigenvalue weighted by Crippen LogP contribution is -2.34. The zero-order valence-electron chi connectivity index (χ0n) is 17.8. The molecule has 0 amide bonds. The van der Waals surface area contributed by atoms with Gasteiger partial charge >= 0.3 is 0 Å². The van der Waals surface area contributed by atoms with Crippen molar-refractivity contribution in [1.29, 1.82) is 0 Å². The van der Waals surface area contributed by atoms with E-state index in [0.29, 0.717) is 12.2 Å². The minimum atomic E-state index is -1.56. The Morgan fingerprint density at radius 1 is 1.04 bits per heavy atom. The first kappa shape index (κ1) is 22.7. The summed E-state index contributed by atoms with van der Waals surface area (Å²) in [4.78, 5) is 12.7. The molecule has 0 bridgehead atoms. The molecule has 0 saturated heterocycles. The first-order chi connectivity index (χ1) is 12.2. The number of benzene rings is 1. The highest BCUT2D eigenvalue weighted by Crippen LogP contribution is 2.36. The molecular weight excluding hydrogens is 332 g/mol. The van der Waals surface area contributed by atoms with Gasteiger partial charge in [0.15, 0.2) is 5.78 Å². The number of ketones is 1. The molecule has 26 heavy (non-hydrogen) atoms. The number of carbonyl (C=O) groups is 1. The molecule has 0 heterocycles. The Bertz CT molecular complexity index is 613. The van der Waals surface area contributed by atoms with Crippen LogP contribution in [0.4, 0.5) is 0 Å². The van der Waals surface area contributed by atoms with Crippen molar-refractivity contribution in [3.8, 4) is 0 Å². The van der Waals surface area contributed by atoms with Crippen molar-refractivity contribution in [3.05, 3.63) is 52.9 Å². The summed E-state index contributed by atoms with van der Waals surface area (Å²) in [6.45, 7) is 13.8. The minimum absolute atomic E-state index is 0.278. The molecule has 144 valence electrons. The van der Waals surface area contributed by atoms with Gasteiger partial charge in [0, 0.05) is 12.0 Å². The van der Waals surface area contributed by atoms with Gasteiger partial charge in [-0.25, -0.2) is 0 Å². The Labute approximate surface area is 162 Å². The lowest BCUT2D eigenvalue weighted by atomic mass is 9.99. The third-order valence-corrected chi connectivity index (χ3v) is 10.4. The highest BCUT2D eigenvalue weighted by atomic mass is 28.3. The van der Waals surface area contributed by atoms with Crippen LogP contribution in [-0.4, -0.2) is 13.9 Å². The molecule has 1 aromatic carbocycles. The molecule has 0 N–H and O–H groups in total. The number of rotatable bonds is 10. The number of aryl methyl sites for hydroxylation is 1. The molecule has 1 nitrogen and oxygen atoms in total. The van der Waals surface area contributed by atoms with Gasteiger partial charge in [-0.3, -0.25) is 4.79 Å². The smallest absolute Gasteiger partial charge is 0.166 e. The molecule has 0 radical (unpaired) electrons. The third kappa shape index (κ3) is 7.89. The average Bonchev–Trinajstić information content (AvgIpc) is 2.58. The number of allylic oxidation sites excluding steroid dienone is 1. The molecule has 1 aromatic rings. The Morgan fingerprint density at radius 3 is 2.27 bits per heavy atom. The molecule has 0 aliphatic heterocycles. The maximum absolute atomic E-state index is 12.7. The van der Waals surface area contributed by atoms with Crippen LogP contribution in [0.1, 0.15) is 71.8 Å². The molecule has 0 atom stereocenters. The molecule has 0 aromatic heterocycles. The number of Topliss-reactive ketones (excluding diaryl/α,β-unsaturated/α-hetero) is 1. The van der Waals surface area contributed by atoms with Crippen LogP contribution in [0.5, 0.6) is 0 Å². The van der Waals surface area contributed by atoms with Crippen LogP contribution in [0.2, 0.25) is 18.1 Å². The standard InChI is InChI=1S/C24H38OSi/c1-7-8-10-18-23(25)22(19-20-26(5,6)24(2,3)4)17-13-16-21-14-11-9-12-15-21/h9,11-12,14-15,20H,7-8,10,13,16-18H2,1-6H3. The monoisotopic (exact) mass is 370 g/mol. The van der Waals surface area contributed by atoms with Gasteiger partial charge < -0.3 is 0 Å². The van der Waals surface area contributed by atoms with E-state index in [1.54, 1.807) is 0 Å². The van der Waals surface area contributed by atoms with E-state index in [1.807, 2.05) is 6.07 Å². The fraction of sp³-hybridized carbons (Fsp3) is 0.583. The molecule has 0 aliphatic carbocycles. The van der Waals surface area contributed by atoms with Crippen LogP contribution in [-0.2, 0) is 11.2 Å². The largest absolute Gasteiger partial charge is 0.294 e. The van der Waals surface area contributed by atoms with Crippen LogP contribution in [0.15, 0.2) is 47.3 Å². The maximum atomic E-state index is 12.7. The molecule has 0 fully saturated rings. The summed E-state index contributed by atoms with van der Waals surface area (Å²) in [5.74, 6) is 0.307. The molecule has 0 unspecified atom stereocenters. The van der Waals surface area contributed by atoms with Crippen molar-refractivity contribution in [2.24, 2.45) is 0 Å². The second-order valence-electron chi connectivity index (χ2n) is 8.96. The lowest BCUT2D eigenvalue weighted by Gasteiger charge is -2.33. The van der Waals surface area contributed by atoms with Crippen molar-refractivity contribution in [1.82, 2.24) is 0 Å². The SMILES string of the molecule is CCCCCC(=O)C(=C=C[Si](C)(C)C(C)(C)C)CCCc1ccccc1. The summed E-state index contributed by atoms with van der Waals surface area (Å²) in [7, 11) is -1.56. The van der Waals surface area contributed by atoms with Gasteiger partial charge in [-0.15, -0.1) is 5.73 Å². The van der Waals surface area contributed by atoms with Gasteiger partial charge in [0.25, 0.3) is 0 Å². The van der Waals surface area contributed by atoms with Gasteiger partial charge in [0.2, 0.25) is 0 Å². The minimum Gasteiger partial charge on any atom is -0.294 e. The van der Waals surface area contributed by atoms with Crippen molar-refractivity contribution < 1.29 is 4.79 Å². The van der Waals surface area contributed by atoms with E-state index in [-0.39, 0.29) is 5.04 Å². The topological polar surface area (TPSA) is 17.1 Å². The first-order valence-corrected chi connectivity index (χ1v) is 13.3. The molecular formula is C24H38OSi. The molecule has 0 spiro atoms.